The van der Waals surface area contributed by atoms with Crippen LogP contribution >= 0.6 is 0 Å². The second-order valence-corrected chi connectivity index (χ2v) is 3.71. The maximum Gasteiger partial charge on any atom is 0.119 e. The van der Waals surface area contributed by atoms with Crippen LogP contribution in [0, 0.1) is 82.6 Å². The van der Waals surface area contributed by atoms with E-state index in [4.69, 9.17) is 5.11 Å². The molecule has 0 spiro atoms. The number of phenols is 3. The zero-order valence-corrected chi connectivity index (χ0v) is 17.6. The molecule has 0 saturated heterocycles. The zero-order valence-electron chi connectivity index (χ0n) is 10.2. The van der Waals surface area contributed by atoms with E-state index in [1.54, 1.807) is 42.5 Å². The average molecular weight is 510 g/mol. The average Bonchev–Trinajstić information content (AvgIpc) is 2.27. The molecule has 0 aliphatic carbocycles. The molecule has 0 amide bonds. The fraction of sp³-hybridized carbons (Fsp3) is 0. The molecule has 19 heavy (non-hydrogen) atoms. The molecule has 0 atom stereocenters. The second-order valence-electron chi connectivity index (χ2n) is 3.71. The van der Waals surface area contributed by atoms with Crippen LogP contribution in [0.3, 0.4) is 0 Å². The summed E-state index contributed by atoms with van der Waals surface area (Å²) >= 11 is 0. The molecule has 0 unspecified atom stereocenters. The van der Waals surface area contributed by atoms with Crippen LogP contribution in [-0.4, -0.2) is 15.3 Å². The maximum atomic E-state index is 9.30. The summed E-state index contributed by atoms with van der Waals surface area (Å²) in [6, 6.07) is 11.1. The van der Waals surface area contributed by atoms with E-state index in [9.17, 15) is 10.2 Å². The van der Waals surface area contributed by atoms with Crippen LogP contribution in [0.25, 0.3) is 12.2 Å². The van der Waals surface area contributed by atoms with Gasteiger partial charge in [0.1, 0.15) is 17.2 Å². The van der Waals surface area contributed by atoms with E-state index in [0.29, 0.717) is 5.56 Å². The van der Waals surface area contributed by atoms with Gasteiger partial charge in [0, 0.05) is 88.6 Å². The van der Waals surface area contributed by atoms with Crippen molar-refractivity contribution in [2.75, 3.05) is 0 Å². The topological polar surface area (TPSA) is 60.7 Å². The van der Waals surface area contributed by atoms with Crippen LogP contribution in [0.4, 0.5) is 0 Å². The molecule has 92 valence electrons. The largest absolute Gasteiger partial charge is 0.508 e. The summed E-state index contributed by atoms with van der Waals surface area (Å²) in [6.45, 7) is 0. The summed E-state index contributed by atoms with van der Waals surface area (Å²) in [4.78, 5) is 0. The van der Waals surface area contributed by atoms with E-state index in [-0.39, 0.29) is 99.8 Å². The fourth-order valence-electron chi connectivity index (χ4n) is 1.49. The van der Waals surface area contributed by atoms with Gasteiger partial charge in [-0.15, -0.1) is 0 Å². The van der Waals surface area contributed by atoms with Gasteiger partial charge >= 0.3 is 0 Å². The molecule has 5 heteroatoms. The van der Waals surface area contributed by atoms with Crippen LogP contribution < -0.4 is 0 Å². The van der Waals surface area contributed by atoms with Gasteiger partial charge in [0.05, 0.1) is 0 Å². The number of hydrogen-bond donors (Lipinski definition) is 3. The van der Waals surface area contributed by atoms with Crippen LogP contribution in [0.2, 0.25) is 0 Å². The molecule has 2 aromatic carbocycles. The van der Waals surface area contributed by atoms with Gasteiger partial charge in [0.25, 0.3) is 0 Å². The number of hydrogen-bond acceptors (Lipinski definition) is 3. The van der Waals surface area contributed by atoms with Gasteiger partial charge in [-0.05, 0) is 35.4 Å². The Morgan fingerprint density at radius 2 is 1.05 bits per heavy atom. The van der Waals surface area contributed by atoms with Gasteiger partial charge in [-0.25, -0.2) is 0 Å². The Hall–Kier alpha value is 0.307. The van der Waals surface area contributed by atoms with Crippen molar-refractivity contribution in [1.29, 1.82) is 0 Å². The molecule has 3 nitrogen and oxygen atoms in total. The Morgan fingerprint density at radius 3 is 1.58 bits per heavy atom. The normalized spacial score (nSPS) is 9.68. The third-order valence-electron chi connectivity index (χ3n) is 2.29. The van der Waals surface area contributed by atoms with Crippen LogP contribution in [-0.2, 0) is 0 Å². The minimum atomic E-state index is 0. The van der Waals surface area contributed by atoms with E-state index in [2.05, 4.69) is 0 Å². The molecule has 2 rings (SSSR count). The zero-order chi connectivity index (χ0) is 12.3. The van der Waals surface area contributed by atoms with E-state index >= 15 is 0 Å². The van der Waals surface area contributed by atoms with Crippen LogP contribution in [0.5, 0.6) is 17.2 Å². The van der Waals surface area contributed by atoms with Crippen LogP contribution in [0.1, 0.15) is 11.1 Å². The molecular formula is C14H12O3Pr2. The molecule has 0 bridgehead atoms. The van der Waals surface area contributed by atoms with E-state index in [0.717, 1.165) is 5.56 Å². The van der Waals surface area contributed by atoms with Crippen molar-refractivity contribution in [1.82, 2.24) is 0 Å². The third-order valence-corrected chi connectivity index (χ3v) is 2.29. The van der Waals surface area contributed by atoms with Gasteiger partial charge in [-0.2, -0.15) is 0 Å². The molecule has 0 saturated carbocycles. The monoisotopic (exact) mass is 510 g/mol. The van der Waals surface area contributed by atoms with Crippen molar-refractivity contribution in [3.63, 3.8) is 0 Å². The van der Waals surface area contributed by atoms with Crippen molar-refractivity contribution >= 4 is 12.2 Å². The predicted octanol–water partition coefficient (Wildman–Crippen LogP) is 2.97. The van der Waals surface area contributed by atoms with E-state index < -0.39 is 0 Å². The Morgan fingerprint density at radius 1 is 0.579 bits per heavy atom. The molecule has 0 aliphatic rings. The summed E-state index contributed by atoms with van der Waals surface area (Å²) in [6.07, 6.45) is 3.60. The Bertz CT molecular complexity index is 531. The Labute approximate surface area is 178 Å². The first-order chi connectivity index (χ1) is 8.13. The summed E-state index contributed by atoms with van der Waals surface area (Å²) in [5.74, 6) is 0.267. The van der Waals surface area contributed by atoms with Gasteiger partial charge in [0.2, 0.25) is 0 Å². The minimum absolute atomic E-state index is 0. The molecule has 0 fully saturated rings. The van der Waals surface area contributed by atoms with Crippen molar-refractivity contribution < 1.29 is 97.9 Å². The number of rotatable bonds is 2. The standard InChI is InChI=1S/C14H12O3.2Pr/c15-12-5-3-10(4-6-12)1-2-11-7-13(16)9-14(17)8-11;;/h1-9,15-17H;;/b2-1+;;. The molecule has 3 N–H and O–H groups in total. The summed E-state index contributed by atoms with van der Waals surface area (Å²) < 4.78 is 0. The van der Waals surface area contributed by atoms with E-state index in [1.807, 2.05) is 6.08 Å². The first kappa shape index (κ1) is 19.3. The quantitative estimate of drug-likeness (QED) is 0.545. The van der Waals surface area contributed by atoms with Gasteiger partial charge in [-0.1, -0.05) is 24.3 Å². The van der Waals surface area contributed by atoms with E-state index in [1.165, 1.54) is 6.07 Å². The van der Waals surface area contributed by atoms with Gasteiger partial charge in [-0.3, -0.25) is 0 Å². The van der Waals surface area contributed by atoms with Crippen molar-refractivity contribution in [2.45, 2.75) is 0 Å². The molecule has 0 aromatic heterocycles. The van der Waals surface area contributed by atoms with Crippen LogP contribution in [0.15, 0.2) is 42.5 Å². The molecular weight excluding hydrogens is 498 g/mol. The first-order valence-electron chi connectivity index (χ1n) is 5.13. The first-order valence-corrected chi connectivity index (χ1v) is 5.13. The number of phenolic OH excluding ortho intramolecular Hbond substituents is 3. The smallest absolute Gasteiger partial charge is 0.119 e. The molecule has 2 radical (unpaired) electrons. The van der Waals surface area contributed by atoms with Gasteiger partial charge < -0.3 is 15.3 Å². The minimum Gasteiger partial charge on any atom is -0.508 e. The Kier molecular flexibility index (Phi) is 9.43. The summed E-state index contributed by atoms with van der Waals surface area (Å²) in [5.41, 5.74) is 1.63. The third kappa shape index (κ3) is 6.53. The number of aromatic hydroxyl groups is 3. The second kappa shape index (κ2) is 9.28. The van der Waals surface area contributed by atoms with Crippen molar-refractivity contribution in [3.05, 3.63) is 53.6 Å². The Balaban J connectivity index is 0.00000162. The number of benzene rings is 2. The maximum absolute atomic E-state index is 9.30. The fourth-order valence-corrected chi connectivity index (χ4v) is 1.49. The van der Waals surface area contributed by atoms with Gasteiger partial charge in [0.15, 0.2) is 0 Å². The molecule has 0 heterocycles. The predicted molar refractivity (Wildman–Crippen MR) is 66.8 cm³/mol. The summed E-state index contributed by atoms with van der Waals surface area (Å²) in [7, 11) is 0. The summed E-state index contributed by atoms with van der Waals surface area (Å²) in [5, 5.41) is 27.7. The molecule has 2 aromatic rings. The van der Waals surface area contributed by atoms with Crippen molar-refractivity contribution in [3.8, 4) is 17.2 Å². The molecule has 0 aliphatic heterocycles. The van der Waals surface area contributed by atoms with Crippen molar-refractivity contribution in [2.24, 2.45) is 0 Å². The SMILES string of the molecule is Oc1ccc(/C=C/c2cc(O)cc(O)c2)cc1.[Pr].[Pr].